The Kier molecular flexibility index (Phi) is 3.12. The number of hydrogen-bond donors (Lipinski definition) is 0. The van der Waals surface area contributed by atoms with Crippen molar-refractivity contribution in [3.8, 4) is 0 Å². The van der Waals surface area contributed by atoms with Crippen LogP contribution in [-0.2, 0) is 9.59 Å². The fourth-order valence-electron chi connectivity index (χ4n) is 3.17. The number of rotatable bonds is 2. The Morgan fingerprint density at radius 2 is 2.05 bits per heavy atom. The number of carbonyl (C=O) groups is 3. The zero-order valence-electron chi connectivity index (χ0n) is 11.5. The van der Waals surface area contributed by atoms with E-state index in [-0.39, 0.29) is 35.1 Å². The Morgan fingerprint density at radius 1 is 1.29 bits per heavy atom. The van der Waals surface area contributed by atoms with Crippen molar-refractivity contribution in [2.45, 2.75) is 13.3 Å². The Morgan fingerprint density at radius 3 is 2.71 bits per heavy atom. The lowest BCUT2D eigenvalue weighted by Crippen LogP contribution is -2.32. The summed E-state index contributed by atoms with van der Waals surface area (Å²) < 4.78 is 0. The van der Waals surface area contributed by atoms with Crippen LogP contribution >= 0.6 is 0 Å². The Bertz CT molecular complexity index is 664. The molecule has 5 heteroatoms. The number of benzene rings is 1. The molecular formula is C16H14NO4-. The van der Waals surface area contributed by atoms with E-state index in [0.29, 0.717) is 12.1 Å². The first-order valence-electron chi connectivity index (χ1n) is 6.86. The first-order valence-corrected chi connectivity index (χ1v) is 6.86. The maximum absolute atomic E-state index is 12.6. The second-order valence-electron chi connectivity index (χ2n) is 5.50. The minimum absolute atomic E-state index is 0.00882. The number of aromatic carboxylic acids is 1. The molecule has 0 saturated carbocycles. The van der Waals surface area contributed by atoms with Gasteiger partial charge in [0.05, 0.1) is 23.5 Å². The number of fused-ring (bicyclic) bond motifs is 1. The van der Waals surface area contributed by atoms with Crippen molar-refractivity contribution in [2.75, 3.05) is 4.90 Å². The molecule has 0 radical (unpaired) electrons. The van der Waals surface area contributed by atoms with Gasteiger partial charge in [0.15, 0.2) is 0 Å². The zero-order chi connectivity index (χ0) is 15.1. The number of allylic oxidation sites excluding steroid dienone is 2. The average Bonchev–Trinajstić information content (AvgIpc) is 2.72. The topological polar surface area (TPSA) is 77.5 Å². The van der Waals surface area contributed by atoms with Gasteiger partial charge in [-0.05, 0) is 30.0 Å². The van der Waals surface area contributed by atoms with Crippen molar-refractivity contribution in [1.29, 1.82) is 0 Å². The average molecular weight is 284 g/mol. The molecule has 0 unspecified atom stereocenters. The van der Waals surface area contributed by atoms with E-state index in [2.05, 4.69) is 0 Å². The molecule has 3 rings (SSSR count). The molecule has 1 aromatic carbocycles. The summed E-state index contributed by atoms with van der Waals surface area (Å²) in [5.41, 5.74) is 0.252. The van der Waals surface area contributed by atoms with Crippen LogP contribution in [0.15, 0.2) is 36.4 Å². The van der Waals surface area contributed by atoms with Gasteiger partial charge in [0.1, 0.15) is 0 Å². The zero-order valence-corrected chi connectivity index (χ0v) is 11.5. The summed E-state index contributed by atoms with van der Waals surface area (Å²) in [6.45, 7) is 1.92. The van der Waals surface area contributed by atoms with E-state index >= 15 is 0 Å². The van der Waals surface area contributed by atoms with Crippen LogP contribution in [0.4, 0.5) is 5.69 Å². The van der Waals surface area contributed by atoms with Crippen molar-refractivity contribution in [3.05, 3.63) is 42.0 Å². The highest BCUT2D eigenvalue weighted by atomic mass is 16.4. The summed E-state index contributed by atoms with van der Waals surface area (Å²) in [7, 11) is 0. The van der Waals surface area contributed by atoms with Crippen LogP contribution in [0, 0.1) is 17.8 Å². The van der Waals surface area contributed by atoms with Crippen molar-refractivity contribution in [2.24, 2.45) is 17.8 Å². The third-order valence-corrected chi connectivity index (χ3v) is 4.21. The first kappa shape index (κ1) is 13.5. The van der Waals surface area contributed by atoms with Gasteiger partial charge in [-0.3, -0.25) is 14.5 Å². The molecule has 0 N–H and O–H groups in total. The minimum Gasteiger partial charge on any atom is -0.545 e. The second-order valence-corrected chi connectivity index (χ2v) is 5.50. The highest BCUT2D eigenvalue weighted by Crippen LogP contribution is 2.40. The number of amides is 2. The molecule has 1 fully saturated rings. The number of carboxylic acid groups (broad SMARTS) is 1. The summed E-state index contributed by atoms with van der Waals surface area (Å²) >= 11 is 0. The normalized spacial score (nSPS) is 27.9. The summed E-state index contributed by atoms with van der Waals surface area (Å²) in [5, 5.41) is 10.9. The molecule has 0 bridgehead atoms. The van der Waals surface area contributed by atoms with Gasteiger partial charge in [-0.25, -0.2) is 0 Å². The molecule has 2 amide bonds. The van der Waals surface area contributed by atoms with Crippen LogP contribution in [0.3, 0.4) is 0 Å². The van der Waals surface area contributed by atoms with Crippen LogP contribution in [-0.4, -0.2) is 17.8 Å². The predicted molar refractivity (Wildman–Crippen MR) is 73.2 cm³/mol. The van der Waals surface area contributed by atoms with Gasteiger partial charge >= 0.3 is 0 Å². The van der Waals surface area contributed by atoms with Crippen LogP contribution in [0.2, 0.25) is 0 Å². The van der Waals surface area contributed by atoms with E-state index in [1.54, 1.807) is 6.07 Å². The Hall–Kier alpha value is -2.43. The predicted octanol–water partition coefficient (Wildman–Crippen LogP) is 0.752. The van der Waals surface area contributed by atoms with Gasteiger partial charge in [0.25, 0.3) is 0 Å². The maximum Gasteiger partial charge on any atom is 0.238 e. The summed E-state index contributed by atoms with van der Waals surface area (Å²) in [6.07, 6.45) is 4.43. The third-order valence-electron chi connectivity index (χ3n) is 4.21. The molecule has 1 aliphatic heterocycles. The lowest BCUT2D eigenvalue weighted by atomic mass is 9.78. The van der Waals surface area contributed by atoms with Crippen molar-refractivity contribution < 1.29 is 19.5 Å². The molecule has 108 valence electrons. The van der Waals surface area contributed by atoms with Crippen LogP contribution in [0.1, 0.15) is 23.7 Å². The molecule has 21 heavy (non-hydrogen) atoms. The third kappa shape index (κ3) is 2.05. The Labute approximate surface area is 121 Å². The standard InChI is InChI=1S/C16H15NO4/c1-9-4-2-7-12-13(9)15(19)17(14(12)18)11-6-3-5-10(8-11)16(20)21/h2-6,8-9,12-13H,7H2,1H3,(H,20,21)/p-1/t9-,12+,13-/m1/s1. The fraction of sp³-hybridized carbons (Fsp3) is 0.312. The quantitative estimate of drug-likeness (QED) is 0.593. The molecule has 1 saturated heterocycles. The SMILES string of the molecule is C[C@@H]1C=CC[C@@H]2C(=O)N(c3cccc(C(=O)[O-])c3)C(=O)[C@H]12. The second kappa shape index (κ2) is 4.84. The van der Waals surface area contributed by atoms with Crippen LogP contribution in [0.5, 0.6) is 0 Å². The van der Waals surface area contributed by atoms with Crippen molar-refractivity contribution in [1.82, 2.24) is 0 Å². The van der Waals surface area contributed by atoms with Crippen LogP contribution < -0.4 is 10.0 Å². The summed E-state index contributed by atoms with van der Waals surface area (Å²) in [6, 6.07) is 5.75. The highest BCUT2D eigenvalue weighted by Gasteiger charge is 2.50. The van der Waals surface area contributed by atoms with E-state index in [0.717, 1.165) is 4.90 Å². The monoisotopic (exact) mass is 284 g/mol. The smallest absolute Gasteiger partial charge is 0.238 e. The first-order chi connectivity index (χ1) is 10.0. The minimum atomic E-state index is -1.33. The summed E-state index contributed by atoms with van der Waals surface area (Å²) in [5.74, 6) is -2.52. The van der Waals surface area contributed by atoms with E-state index < -0.39 is 5.97 Å². The van der Waals surface area contributed by atoms with Gasteiger partial charge in [0, 0.05) is 0 Å². The van der Waals surface area contributed by atoms with Gasteiger partial charge in [-0.2, -0.15) is 0 Å². The number of carbonyl (C=O) groups excluding carboxylic acids is 3. The molecule has 0 spiro atoms. The molecule has 1 heterocycles. The molecule has 3 atom stereocenters. The number of imide groups is 1. The maximum atomic E-state index is 12.6. The lowest BCUT2D eigenvalue weighted by Gasteiger charge is -2.22. The molecule has 1 aliphatic carbocycles. The molecular weight excluding hydrogens is 270 g/mol. The largest absolute Gasteiger partial charge is 0.545 e. The van der Waals surface area contributed by atoms with Crippen molar-refractivity contribution in [3.63, 3.8) is 0 Å². The number of anilines is 1. The molecule has 0 aromatic heterocycles. The van der Waals surface area contributed by atoms with E-state index in [1.807, 2.05) is 19.1 Å². The number of nitrogens with zero attached hydrogens (tertiary/aromatic N) is 1. The lowest BCUT2D eigenvalue weighted by molar-refractivity contribution is -0.255. The van der Waals surface area contributed by atoms with E-state index in [4.69, 9.17) is 0 Å². The summed E-state index contributed by atoms with van der Waals surface area (Å²) in [4.78, 5) is 37.1. The molecule has 5 nitrogen and oxygen atoms in total. The van der Waals surface area contributed by atoms with Gasteiger partial charge in [0.2, 0.25) is 11.8 Å². The molecule has 1 aromatic rings. The van der Waals surface area contributed by atoms with Gasteiger partial charge < -0.3 is 9.90 Å². The number of carboxylic acids is 1. The highest BCUT2D eigenvalue weighted by molar-refractivity contribution is 6.22. The number of hydrogen-bond acceptors (Lipinski definition) is 4. The Balaban J connectivity index is 2.00. The fourth-order valence-corrected chi connectivity index (χ4v) is 3.17. The van der Waals surface area contributed by atoms with E-state index in [1.165, 1.54) is 18.2 Å². The molecule has 2 aliphatic rings. The van der Waals surface area contributed by atoms with Gasteiger partial charge in [-0.15, -0.1) is 0 Å². The van der Waals surface area contributed by atoms with Gasteiger partial charge in [-0.1, -0.05) is 31.2 Å². The van der Waals surface area contributed by atoms with Crippen LogP contribution in [0.25, 0.3) is 0 Å². The van der Waals surface area contributed by atoms with Crippen molar-refractivity contribution >= 4 is 23.5 Å². The van der Waals surface area contributed by atoms with E-state index in [9.17, 15) is 19.5 Å².